The number of hydrogen-bond acceptors (Lipinski definition) is 4. The Balaban J connectivity index is 1.76. The summed E-state index contributed by atoms with van der Waals surface area (Å²) < 4.78 is 12.6. The van der Waals surface area contributed by atoms with Crippen molar-refractivity contribution < 1.29 is 13.9 Å². The van der Waals surface area contributed by atoms with E-state index in [0.717, 1.165) is 10.9 Å². The van der Waals surface area contributed by atoms with E-state index >= 15 is 0 Å². The first-order chi connectivity index (χ1) is 10.7. The van der Waals surface area contributed by atoms with Crippen molar-refractivity contribution in [1.82, 2.24) is 9.99 Å². The Morgan fingerprint density at radius 2 is 2.27 bits per heavy atom. The number of amides is 1. The molecule has 0 spiro atoms. The predicted molar refractivity (Wildman–Crippen MR) is 83.2 cm³/mol. The van der Waals surface area contributed by atoms with Crippen LogP contribution >= 0.6 is 0 Å². The smallest absolute Gasteiger partial charge is 0.307 e. The number of hydrogen-bond donors (Lipinski definition) is 1. The molecule has 0 bridgehead atoms. The predicted octanol–water partition coefficient (Wildman–Crippen LogP) is 2.54. The van der Waals surface area contributed by atoms with E-state index in [1.165, 1.54) is 0 Å². The van der Waals surface area contributed by atoms with E-state index in [2.05, 4.69) is 10.5 Å². The average molecular weight is 297 g/mol. The van der Waals surface area contributed by atoms with Crippen LogP contribution in [0.15, 0.2) is 52.2 Å². The highest BCUT2D eigenvalue weighted by molar-refractivity contribution is 5.97. The first kappa shape index (κ1) is 13.9. The van der Waals surface area contributed by atoms with E-state index in [9.17, 15) is 4.79 Å². The minimum absolute atomic E-state index is 0.185. The van der Waals surface area contributed by atoms with E-state index in [4.69, 9.17) is 9.15 Å². The van der Waals surface area contributed by atoms with Crippen LogP contribution in [0.25, 0.3) is 11.0 Å². The third kappa shape index (κ3) is 2.71. The molecule has 2 aromatic heterocycles. The van der Waals surface area contributed by atoms with Gasteiger partial charge in [-0.15, -0.1) is 0 Å². The SMILES string of the molecule is COc1cccc2cc(C(=O)N/N=C\c3ccn(C)c3)oc12. The van der Waals surface area contributed by atoms with Gasteiger partial charge in [0.1, 0.15) is 0 Å². The van der Waals surface area contributed by atoms with Crippen molar-refractivity contribution in [2.24, 2.45) is 12.1 Å². The van der Waals surface area contributed by atoms with Crippen LogP contribution in [0.2, 0.25) is 0 Å². The van der Waals surface area contributed by atoms with Crippen molar-refractivity contribution >= 4 is 23.1 Å². The minimum Gasteiger partial charge on any atom is -0.493 e. The van der Waals surface area contributed by atoms with Gasteiger partial charge in [-0.2, -0.15) is 5.10 Å². The van der Waals surface area contributed by atoms with Gasteiger partial charge in [0.15, 0.2) is 17.1 Å². The number of rotatable bonds is 4. The maximum Gasteiger partial charge on any atom is 0.307 e. The topological polar surface area (TPSA) is 68.8 Å². The van der Waals surface area contributed by atoms with Gasteiger partial charge in [0.25, 0.3) is 0 Å². The van der Waals surface area contributed by atoms with E-state index in [-0.39, 0.29) is 5.76 Å². The molecule has 6 heteroatoms. The fourth-order valence-corrected chi connectivity index (χ4v) is 2.13. The van der Waals surface area contributed by atoms with E-state index in [1.807, 2.05) is 42.2 Å². The Morgan fingerprint density at radius 1 is 1.41 bits per heavy atom. The highest BCUT2D eigenvalue weighted by atomic mass is 16.5. The molecule has 0 aliphatic carbocycles. The van der Waals surface area contributed by atoms with Crippen molar-refractivity contribution in [3.05, 3.63) is 54.0 Å². The summed E-state index contributed by atoms with van der Waals surface area (Å²) in [5.74, 6) is 0.361. The molecule has 0 radical (unpaired) electrons. The molecule has 0 aliphatic rings. The van der Waals surface area contributed by atoms with Gasteiger partial charge < -0.3 is 13.7 Å². The molecule has 22 heavy (non-hydrogen) atoms. The summed E-state index contributed by atoms with van der Waals surface area (Å²) >= 11 is 0. The average Bonchev–Trinajstić information content (AvgIpc) is 3.12. The maximum atomic E-state index is 12.0. The summed E-state index contributed by atoms with van der Waals surface area (Å²) in [5, 5.41) is 4.72. The second kappa shape index (κ2) is 5.77. The minimum atomic E-state index is -0.412. The number of aryl methyl sites for hydroxylation is 1. The molecular formula is C16H15N3O3. The Labute approximate surface area is 127 Å². The second-order valence-electron chi connectivity index (χ2n) is 4.80. The number of ether oxygens (including phenoxy) is 1. The number of aromatic nitrogens is 1. The van der Waals surface area contributed by atoms with Gasteiger partial charge in [-0.05, 0) is 18.2 Å². The Morgan fingerprint density at radius 3 is 3.00 bits per heavy atom. The number of carbonyl (C=O) groups is 1. The van der Waals surface area contributed by atoms with Crippen molar-refractivity contribution in [3.8, 4) is 5.75 Å². The standard InChI is InChI=1S/C16H15N3O3/c1-19-7-6-11(10-19)9-17-18-16(20)14-8-12-4-3-5-13(21-2)15(12)22-14/h3-10H,1-2H3,(H,18,20)/b17-9-. The van der Waals surface area contributed by atoms with Gasteiger partial charge >= 0.3 is 5.91 Å². The Kier molecular flexibility index (Phi) is 3.65. The van der Waals surface area contributed by atoms with Crippen LogP contribution in [-0.4, -0.2) is 23.8 Å². The molecule has 0 atom stereocenters. The lowest BCUT2D eigenvalue weighted by Gasteiger charge is -1.98. The van der Waals surface area contributed by atoms with Crippen LogP contribution in [0, 0.1) is 0 Å². The molecule has 0 unspecified atom stereocenters. The van der Waals surface area contributed by atoms with Gasteiger partial charge in [0, 0.05) is 30.4 Å². The van der Waals surface area contributed by atoms with Crippen LogP contribution < -0.4 is 10.2 Å². The van der Waals surface area contributed by atoms with Gasteiger partial charge in [0.05, 0.1) is 13.3 Å². The molecule has 0 fully saturated rings. The summed E-state index contributed by atoms with van der Waals surface area (Å²) in [6.45, 7) is 0. The van der Waals surface area contributed by atoms with Gasteiger partial charge in [-0.25, -0.2) is 5.43 Å². The molecule has 0 aliphatic heterocycles. The number of carbonyl (C=O) groups excluding carboxylic acids is 1. The zero-order chi connectivity index (χ0) is 15.5. The van der Waals surface area contributed by atoms with Crippen molar-refractivity contribution in [2.75, 3.05) is 7.11 Å². The second-order valence-corrected chi connectivity index (χ2v) is 4.80. The summed E-state index contributed by atoms with van der Waals surface area (Å²) in [7, 11) is 3.47. The zero-order valence-electron chi connectivity index (χ0n) is 12.2. The fourth-order valence-electron chi connectivity index (χ4n) is 2.13. The molecule has 1 aromatic carbocycles. The lowest BCUT2D eigenvalue weighted by atomic mass is 10.2. The Hall–Kier alpha value is -3.02. The lowest BCUT2D eigenvalue weighted by molar-refractivity contribution is 0.0929. The third-order valence-corrected chi connectivity index (χ3v) is 3.19. The molecule has 1 N–H and O–H groups in total. The van der Waals surface area contributed by atoms with Crippen LogP contribution in [-0.2, 0) is 7.05 Å². The third-order valence-electron chi connectivity index (χ3n) is 3.19. The molecule has 3 aromatic rings. The molecule has 0 saturated carbocycles. The van der Waals surface area contributed by atoms with E-state index in [1.54, 1.807) is 25.5 Å². The molecule has 6 nitrogen and oxygen atoms in total. The highest BCUT2D eigenvalue weighted by Gasteiger charge is 2.14. The maximum absolute atomic E-state index is 12.0. The number of benzene rings is 1. The molecule has 0 saturated heterocycles. The largest absolute Gasteiger partial charge is 0.493 e. The molecule has 112 valence electrons. The lowest BCUT2D eigenvalue weighted by Crippen LogP contribution is -2.16. The normalized spacial score (nSPS) is 11.2. The number of hydrazone groups is 1. The van der Waals surface area contributed by atoms with Crippen LogP contribution in [0.4, 0.5) is 0 Å². The fraction of sp³-hybridized carbons (Fsp3) is 0.125. The summed E-state index contributed by atoms with van der Waals surface area (Å²) in [4.78, 5) is 12.0. The number of methoxy groups -OCH3 is 1. The van der Waals surface area contributed by atoms with Crippen molar-refractivity contribution in [2.45, 2.75) is 0 Å². The van der Waals surface area contributed by atoms with Crippen molar-refractivity contribution in [1.29, 1.82) is 0 Å². The Bertz CT molecular complexity index is 845. The van der Waals surface area contributed by atoms with E-state index in [0.29, 0.717) is 11.3 Å². The van der Waals surface area contributed by atoms with Gasteiger partial charge in [-0.1, -0.05) is 12.1 Å². The quantitative estimate of drug-likeness (QED) is 0.594. The highest BCUT2D eigenvalue weighted by Crippen LogP contribution is 2.28. The number of nitrogens with zero attached hydrogens (tertiary/aromatic N) is 2. The summed E-state index contributed by atoms with van der Waals surface area (Å²) in [6.07, 6.45) is 5.36. The number of para-hydroxylation sites is 1. The molecular weight excluding hydrogens is 282 g/mol. The summed E-state index contributed by atoms with van der Waals surface area (Å²) in [5.41, 5.74) is 3.88. The van der Waals surface area contributed by atoms with Crippen LogP contribution in [0.1, 0.15) is 16.1 Å². The monoisotopic (exact) mass is 297 g/mol. The molecule has 1 amide bonds. The number of nitrogens with one attached hydrogen (secondary N) is 1. The number of fused-ring (bicyclic) bond motifs is 1. The first-order valence-corrected chi connectivity index (χ1v) is 6.69. The molecule has 2 heterocycles. The summed E-state index contributed by atoms with van der Waals surface area (Å²) in [6, 6.07) is 9.02. The zero-order valence-corrected chi connectivity index (χ0v) is 12.2. The van der Waals surface area contributed by atoms with E-state index < -0.39 is 5.91 Å². The van der Waals surface area contributed by atoms with Gasteiger partial charge in [0.2, 0.25) is 0 Å². The van der Waals surface area contributed by atoms with Gasteiger partial charge in [-0.3, -0.25) is 4.79 Å². The number of furan rings is 1. The van der Waals surface area contributed by atoms with Crippen molar-refractivity contribution in [3.63, 3.8) is 0 Å². The first-order valence-electron chi connectivity index (χ1n) is 6.69. The molecule has 3 rings (SSSR count). The van der Waals surface area contributed by atoms with Crippen LogP contribution in [0.5, 0.6) is 5.75 Å². The van der Waals surface area contributed by atoms with Crippen LogP contribution in [0.3, 0.4) is 0 Å².